The van der Waals surface area contributed by atoms with E-state index >= 15 is 0 Å². The largest absolute Gasteiger partial charge is 0.324 e. The fraction of sp³-hybridized carbons (Fsp3) is 0.615. The van der Waals surface area contributed by atoms with Crippen molar-refractivity contribution in [2.24, 2.45) is 23.5 Å². The third kappa shape index (κ3) is 1.54. The van der Waals surface area contributed by atoms with Crippen LogP contribution in [0.5, 0.6) is 0 Å². The minimum atomic E-state index is -0.251. The average Bonchev–Trinajstić information content (AvgIpc) is 3.03. The number of aromatic nitrogens is 1. The Morgan fingerprint density at radius 3 is 2.62 bits per heavy atom. The number of hydrogen-bond acceptors (Lipinski definition) is 2. The first-order valence-electron chi connectivity index (χ1n) is 6.14. The van der Waals surface area contributed by atoms with Crippen molar-refractivity contribution in [1.82, 2.24) is 4.98 Å². The minimum Gasteiger partial charge on any atom is -0.324 e. The van der Waals surface area contributed by atoms with Gasteiger partial charge in [-0.15, -0.1) is 0 Å². The molecule has 3 rings (SSSR count). The highest BCUT2D eigenvalue weighted by molar-refractivity contribution is 5.22. The fourth-order valence-electron chi connectivity index (χ4n) is 3.44. The molecule has 2 saturated carbocycles. The van der Waals surface area contributed by atoms with Crippen LogP contribution in [0.1, 0.15) is 37.3 Å². The van der Waals surface area contributed by atoms with Gasteiger partial charge in [-0.2, -0.15) is 0 Å². The summed E-state index contributed by atoms with van der Waals surface area (Å²) in [5.41, 5.74) is 6.84. The van der Waals surface area contributed by atoms with Crippen LogP contribution in [0, 0.1) is 23.6 Å². The van der Waals surface area contributed by atoms with Crippen LogP contribution in [0.2, 0.25) is 0 Å². The maximum atomic E-state index is 13.6. The summed E-state index contributed by atoms with van der Waals surface area (Å²) in [5, 5.41) is 0. The molecule has 2 nitrogen and oxygen atoms in total. The second-order valence-electron chi connectivity index (χ2n) is 5.11. The highest BCUT2D eigenvalue weighted by Gasteiger charge is 2.53. The highest BCUT2D eigenvalue weighted by Crippen LogP contribution is 2.59. The van der Waals surface area contributed by atoms with Gasteiger partial charge in [-0.1, -0.05) is 12.8 Å². The Morgan fingerprint density at radius 2 is 2.00 bits per heavy atom. The Hall–Kier alpha value is -0.960. The quantitative estimate of drug-likeness (QED) is 0.832. The SMILES string of the molecule is NC(c1ccncc1F)C1C2CCCCC21. The topological polar surface area (TPSA) is 38.9 Å². The first kappa shape index (κ1) is 10.2. The first-order valence-corrected chi connectivity index (χ1v) is 6.14. The number of rotatable bonds is 2. The van der Waals surface area contributed by atoms with Gasteiger partial charge in [0.1, 0.15) is 5.82 Å². The standard InChI is InChI=1S/C13H17FN2/c14-11-7-16-6-5-10(11)13(15)12-8-3-1-2-4-9(8)12/h5-9,12-13H,1-4,15H2. The summed E-state index contributed by atoms with van der Waals surface area (Å²) in [6.45, 7) is 0. The molecule has 1 heterocycles. The van der Waals surface area contributed by atoms with Crippen LogP contribution in [-0.2, 0) is 0 Å². The Balaban J connectivity index is 1.79. The molecule has 2 aliphatic carbocycles. The van der Waals surface area contributed by atoms with E-state index in [1.807, 2.05) is 0 Å². The van der Waals surface area contributed by atoms with Crippen molar-refractivity contribution >= 4 is 0 Å². The molecule has 0 aliphatic heterocycles. The minimum absolute atomic E-state index is 0.129. The zero-order valence-electron chi connectivity index (χ0n) is 9.27. The molecule has 3 unspecified atom stereocenters. The average molecular weight is 220 g/mol. The lowest BCUT2D eigenvalue weighted by Crippen LogP contribution is -2.16. The van der Waals surface area contributed by atoms with Crippen LogP contribution in [0.25, 0.3) is 0 Å². The number of hydrogen-bond donors (Lipinski definition) is 1. The van der Waals surface area contributed by atoms with Crippen molar-refractivity contribution in [3.63, 3.8) is 0 Å². The second kappa shape index (κ2) is 3.81. The molecule has 0 saturated heterocycles. The van der Waals surface area contributed by atoms with Gasteiger partial charge in [0.15, 0.2) is 0 Å². The lowest BCUT2D eigenvalue weighted by atomic mass is 10.0. The molecule has 0 aromatic carbocycles. The highest BCUT2D eigenvalue weighted by atomic mass is 19.1. The monoisotopic (exact) mass is 220 g/mol. The van der Waals surface area contributed by atoms with E-state index < -0.39 is 0 Å². The van der Waals surface area contributed by atoms with Gasteiger partial charge in [0.05, 0.1) is 6.20 Å². The smallest absolute Gasteiger partial charge is 0.146 e. The fourth-order valence-corrected chi connectivity index (χ4v) is 3.44. The van der Waals surface area contributed by atoms with E-state index in [1.165, 1.54) is 31.9 Å². The van der Waals surface area contributed by atoms with Crippen LogP contribution in [0.4, 0.5) is 4.39 Å². The van der Waals surface area contributed by atoms with Gasteiger partial charge < -0.3 is 5.73 Å². The third-order valence-corrected chi connectivity index (χ3v) is 4.30. The summed E-state index contributed by atoms with van der Waals surface area (Å²) in [6.07, 6.45) is 8.11. The van der Waals surface area contributed by atoms with Crippen molar-refractivity contribution in [2.75, 3.05) is 0 Å². The van der Waals surface area contributed by atoms with Crippen LogP contribution in [0.15, 0.2) is 18.5 Å². The van der Waals surface area contributed by atoms with Crippen molar-refractivity contribution in [3.05, 3.63) is 29.8 Å². The number of halogens is 1. The van der Waals surface area contributed by atoms with Gasteiger partial charge in [-0.05, 0) is 36.7 Å². The predicted octanol–water partition coefficient (Wildman–Crippen LogP) is 2.66. The summed E-state index contributed by atoms with van der Waals surface area (Å²) >= 11 is 0. The van der Waals surface area contributed by atoms with Crippen molar-refractivity contribution in [3.8, 4) is 0 Å². The zero-order valence-corrected chi connectivity index (χ0v) is 9.27. The summed E-state index contributed by atoms with van der Waals surface area (Å²) in [4.78, 5) is 3.77. The van der Waals surface area contributed by atoms with E-state index in [4.69, 9.17) is 5.73 Å². The molecule has 3 atom stereocenters. The van der Waals surface area contributed by atoms with Crippen molar-refractivity contribution in [2.45, 2.75) is 31.7 Å². The normalized spacial score (nSPS) is 34.2. The van der Waals surface area contributed by atoms with Crippen LogP contribution in [-0.4, -0.2) is 4.98 Å². The van der Waals surface area contributed by atoms with Gasteiger partial charge in [-0.25, -0.2) is 4.39 Å². The molecule has 2 N–H and O–H groups in total. The summed E-state index contributed by atoms with van der Waals surface area (Å²) in [6, 6.07) is 1.60. The lowest BCUT2D eigenvalue weighted by molar-refractivity contribution is 0.480. The maximum Gasteiger partial charge on any atom is 0.146 e. The number of pyridine rings is 1. The molecule has 2 fully saturated rings. The molecule has 1 aromatic heterocycles. The van der Waals surface area contributed by atoms with E-state index in [1.54, 1.807) is 12.3 Å². The van der Waals surface area contributed by atoms with Gasteiger partial charge in [-0.3, -0.25) is 4.98 Å². The Morgan fingerprint density at radius 1 is 1.31 bits per heavy atom. The summed E-state index contributed by atoms with van der Waals surface area (Å²) < 4.78 is 13.6. The molecule has 1 aromatic rings. The molecular formula is C13H17FN2. The molecule has 0 spiro atoms. The molecule has 0 amide bonds. The van der Waals surface area contributed by atoms with Gasteiger partial charge in [0.2, 0.25) is 0 Å². The van der Waals surface area contributed by atoms with Crippen molar-refractivity contribution < 1.29 is 4.39 Å². The number of fused-ring (bicyclic) bond motifs is 1. The number of nitrogens with two attached hydrogens (primary N) is 1. The molecule has 16 heavy (non-hydrogen) atoms. The Bertz CT molecular complexity index is 381. The maximum absolute atomic E-state index is 13.6. The van der Waals surface area contributed by atoms with E-state index in [9.17, 15) is 4.39 Å². The molecule has 86 valence electrons. The molecule has 0 bridgehead atoms. The summed E-state index contributed by atoms with van der Waals surface area (Å²) in [7, 11) is 0. The lowest BCUT2D eigenvalue weighted by Gasteiger charge is -2.12. The molecule has 2 aliphatic rings. The first-order chi connectivity index (χ1) is 7.79. The second-order valence-corrected chi connectivity index (χ2v) is 5.11. The van der Waals surface area contributed by atoms with E-state index in [0.717, 1.165) is 11.8 Å². The Kier molecular flexibility index (Phi) is 2.43. The van der Waals surface area contributed by atoms with E-state index in [-0.39, 0.29) is 11.9 Å². The van der Waals surface area contributed by atoms with Gasteiger partial charge in [0.25, 0.3) is 0 Å². The van der Waals surface area contributed by atoms with E-state index in [0.29, 0.717) is 11.5 Å². The predicted molar refractivity (Wildman–Crippen MR) is 60.1 cm³/mol. The van der Waals surface area contributed by atoms with Crippen LogP contribution < -0.4 is 5.73 Å². The van der Waals surface area contributed by atoms with Gasteiger partial charge in [0, 0.05) is 17.8 Å². The summed E-state index contributed by atoms with van der Waals surface area (Å²) in [5.74, 6) is 1.78. The molecule has 3 heteroatoms. The molecular weight excluding hydrogens is 203 g/mol. The Labute approximate surface area is 95.1 Å². The molecule has 0 radical (unpaired) electrons. The van der Waals surface area contributed by atoms with Crippen molar-refractivity contribution in [1.29, 1.82) is 0 Å². The third-order valence-electron chi connectivity index (χ3n) is 4.30. The van der Waals surface area contributed by atoms with E-state index in [2.05, 4.69) is 4.98 Å². The van der Waals surface area contributed by atoms with Crippen LogP contribution in [0.3, 0.4) is 0 Å². The van der Waals surface area contributed by atoms with Gasteiger partial charge >= 0.3 is 0 Å². The zero-order chi connectivity index (χ0) is 11.1. The van der Waals surface area contributed by atoms with Crippen LogP contribution >= 0.6 is 0 Å². The number of nitrogens with zero attached hydrogens (tertiary/aromatic N) is 1.